The van der Waals surface area contributed by atoms with Crippen molar-refractivity contribution in [2.45, 2.75) is 44.7 Å². The first-order valence-corrected chi connectivity index (χ1v) is 6.76. The van der Waals surface area contributed by atoms with Crippen LogP contribution in [0.5, 0.6) is 0 Å². The molecule has 106 valence electrons. The number of rotatable bonds is 2. The Morgan fingerprint density at radius 1 is 1.32 bits per heavy atom. The third kappa shape index (κ3) is 4.37. The third-order valence-electron chi connectivity index (χ3n) is 3.55. The van der Waals surface area contributed by atoms with Gasteiger partial charge in [-0.25, -0.2) is 0 Å². The summed E-state index contributed by atoms with van der Waals surface area (Å²) in [4.78, 5) is 12.2. The molecule has 1 aliphatic rings. The highest BCUT2D eigenvalue weighted by molar-refractivity contribution is 6.31. The number of aryl methyl sites for hydroxylation is 1. The van der Waals surface area contributed by atoms with Gasteiger partial charge >= 0.3 is 0 Å². The normalized spacial score (nSPS) is 22.5. The third-order valence-corrected chi connectivity index (χ3v) is 3.79. The number of hydrogen-bond donors (Lipinski definition) is 2. The molecule has 0 unspecified atom stereocenters. The van der Waals surface area contributed by atoms with Gasteiger partial charge in [-0.3, -0.25) is 4.79 Å². The van der Waals surface area contributed by atoms with E-state index in [2.05, 4.69) is 5.32 Å². The van der Waals surface area contributed by atoms with Gasteiger partial charge in [-0.05, 0) is 50.3 Å². The molecule has 0 aliphatic heterocycles. The maximum atomic E-state index is 12.2. The SMILES string of the molecule is Cc1ccc(Cl)cc1C(=O)NC1CCC(N)CC1.Cl. The van der Waals surface area contributed by atoms with Gasteiger partial charge in [0.2, 0.25) is 0 Å². The average Bonchev–Trinajstić information content (AvgIpc) is 2.35. The van der Waals surface area contributed by atoms with E-state index in [-0.39, 0.29) is 24.4 Å². The zero-order chi connectivity index (χ0) is 13.1. The van der Waals surface area contributed by atoms with Gasteiger partial charge in [0, 0.05) is 22.7 Å². The van der Waals surface area contributed by atoms with Gasteiger partial charge in [0.25, 0.3) is 5.91 Å². The smallest absolute Gasteiger partial charge is 0.251 e. The Hall–Kier alpha value is -0.770. The van der Waals surface area contributed by atoms with Crippen molar-refractivity contribution in [3.63, 3.8) is 0 Å². The molecule has 0 radical (unpaired) electrons. The summed E-state index contributed by atoms with van der Waals surface area (Å²) < 4.78 is 0. The second-order valence-electron chi connectivity index (χ2n) is 5.04. The molecule has 0 atom stereocenters. The lowest BCUT2D eigenvalue weighted by atomic mass is 9.91. The lowest BCUT2D eigenvalue weighted by molar-refractivity contribution is 0.0925. The molecular weight excluding hydrogens is 283 g/mol. The van der Waals surface area contributed by atoms with Crippen LogP contribution < -0.4 is 11.1 Å². The van der Waals surface area contributed by atoms with E-state index in [4.69, 9.17) is 17.3 Å². The van der Waals surface area contributed by atoms with Gasteiger partial charge in [0.1, 0.15) is 0 Å². The van der Waals surface area contributed by atoms with E-state index in [1.807, 2.05) is 13.0 Å². The molecule has 0 heterocycles. The molecule has 2 rings (SSSR count). The zero-order valence-electron chi connectivity index (χ0n) is 11.0. The molecular formula is C14H20Cl2N2O. The number of benzene rings is 1. The summed E-state index contributed by atoms with van der Waals surface area (Å²) in [5, 5.41) is 3.66. The number of nitrogens with two attached hydrogens (primary N) is 1. The van der Waals surface area contributed by atoms with Crippen LogP contribution in [0.1, 0.15) is 41.6 Å². The molecule has 1 saturated carbocycles. The summed E-state index contributed by atoms with van der Waals surface area (Å²) >= 11 is 5.93. The molecule has 0 saturated heterocycles. The fourth-order valence-corrected chi connectivity index (χ4v) is 2.54. The maximum Gasteiger partial charge on any atom is 0.251 e. The zero-order valence-corrected chi connectivity index (χ0v) is 12.6. The predicted molar refractivity (Wildman–Crippen MR) is 81.1 cm³/mol. The highest BCUT2D eigenvalue weighted by Gasteiger charge is 2.21. The summed E-state index contributed by atoms with van der Waals surface area (Å²) in [5.74, 6) is -0.0320. The first-order valence-electron chi connectivity index (χ1n) is 6.39. The fraction of sp³-hybridized carbons (Fsp3) is 0.500. The Labute approximate surface area is 125 Å². The molecule has 0 spiro atoms. The van der Waals surface area contributed by atoms with Crippen molar-refractivity contribution < 1.29 is 4.79 Å². The number of carbonyl (C=O) groups excluding carboxylic acids is 1. The van der Waals surface area contributed by atoms with Gasteiger partial charge in [-0.2, -0.15) is 0 Å². The minimum atomic E-state index is -0.0320. The first-order chi connectivity index (χ1) is 8.56. The summed E-state index contributed by atoms with van der Waals surface area (Å²) in [7, 11) is 0. The molecule has 0 aromatic heterocycles. The second kappa shape index (κ2) is 7.13. The van der Waals surface area contributed by atoms with Crippen molar-refractivity contribution in [3.05, 3.63) is 34.3 Å². The highest BCUT2D eigenvalue weighted by Crippen LogP contribution is 2.19. The summed E-state index contributed by atoms with van der Waals surface area (Å²) in [6.07, 6.45) is 3.90. The molecule has 1 aromatic rings. The van der Waals surface area contributed by atoms with E-state index in [1.165, 1.54) is 0 Å². The van der Waals surface area contributed by atoms with E-state index in [9.17, 15) is 4.79 Å². The van der Waals surface area contributed by atoms with Crippen LogP contribution >= 0.6 is 24.0 Å². The van der Waals surface area contributed by atoms with Crippen molar-refractivity contribution in [3.8, 4) is 0 Å². The van der Waals surface area contributed by atoms with Crippen LogP contribution in [-0.2, 0) is 0 Å². The predicted octanol–water partition coefficient (Wildman–Crippen LogP) is 3.07. The number of nitrogens with one attached hydrogen (secondary N) is 1. The summed E-state index contributed by atoms with van der Waals surface area (Å²) in [6.45, 7) is 1.92. The van der Waals surface area contributed by atoms with Crippen LogP contribution in [0.2, 0.25) is 5.02 Å². The quantitative estimate of drug-likeness (QED) is 0.882. The minimum Gasteiger partial charge on any atom is -0.349 e. The number of hydrogen-bond acceptors (Lipinski definition) is 2. The minimum absolute atomic E-state index is 0. The van der Waals surface area contributed by atoms with E-state index in [1.54, 1.807) is 12.1 Å². The lowest BCUT2D eigenvalue weighted by Crippen LogP contribution is -2.40. The van der Waals surface area contributed by atoms with Crippen LogP contribution in [0, 0.1) is 6.92 Å². The Balaban J connectivity index is 0.00000180. The molecule has 19 heavy (non-hydrogen) atoms. The fourth-order valence-electron chi connectivity index (χ4n) is 2.37. The Morgan fingerprint density at radius 3 is 2.58 bits per heavy atom. The van der Waals surface area contributed by atoms with Crippen molar-refractivity contribution in [1.29, 1.82) is 0 Å². The van der Waals surface area contributed by atoms with Gasteiger partial charge < -0.3 is 11.1 Å². The van der Waals surface area contributed by atoms with Crippen LogP contribution in [0.4, 0.5) is 0 Å². The number of amides is 1. The van der Waals surface area contributed by atoms with E-state index in [0.717, 1.165) is 31.2 Å². The highest BCUT2D eigenvalue weighted by atomic mass is 35.5. The Kier molecular flexibility index (Phi) is 6.11. The Morgan fingerprint density at radius 2 is 1.95 bits per heavy atom. The standard InChI is InChI=1S/C14H19ClN2O.ClH/c1-9-2-3-10(15)8-13(9)14(18)17-12-6-4-11(16)5-7-12;/h2-3,8,11-12H,4-7,16H2,1H3,(H,17,18);1H. The van der Waals surface area contributed by atoms with E-state index < -0.39 is 0 Å². The number of carbonyl (C=O) groups is 1. The molecule has 1 aromatic carbocycles. The maximum absolute atomic E-state index is 12.2. The first kappa shape index (κ1) is 16.3. The molecule has 5 heteroatoms. The van der Waals surface area contributed by atoms with E-state index in [0.29, 0.717) is 16.6 Å². The molecule has 1 fully saturated rings. The number of halogens is 2. The van der Waals surface area contributed by atoms with Crippen molar-refractivity contribution in [2.24, 2.45) is 5.73 Å². The summed E-state index contributed by atoms with van der Waals surface area (Å²) in [6, 6.07) is 5.93. The molecule has 3 N–H and O–H groups in total. The topological polar surface area (TPSA) is 55.1 Å². The van der Waals surface area contributed by atoms with Crippen LogP contribution in [-0.4, -0.2) is 18.0 Å². The largest absolute Gasteiger partial charge is 0.349 e. The van der Waals surface area contributed by atoms with Gasteiger partial charge in [-0.1, -0.05) is 17.7 Å². The second-order valence-corrected chi connectivity index (χ2v) is 5.48. The van der Waals surface area contributed by atoms with Gasteiger partial charge in [-0.15, -0.1) is 12.4 Å². The van der Waals surface area contributed by atoms with Crippen LogP contribution in [0.15, 0.2) is 18.2 Å². The monoisotopic (exact) mass is 302 g/mol. The van der Waals surface area contributed by atoms with Crippen molar-refractivity contribution in [1.82, 2.24) is 5.32 Å². The van der Waals surface area contributed by atoms with Crippen LogP contribution in [0.25, 0.3) is 0 Å². The van der Waals surface area contributed by atoms with Gasteiger partial charge in [0.05, 0.1) is 0 Å². The van der Waals surface area contributed by atoms with E-state index >= 15 is 0 Å². The van der Waals surface area contributed by atoms with Crippen molar-refractivity contribution >= 4 is 29.9 Å². The molecule has 1 aliphatic carbocycles. The average molecular weight is 303 g/mol. The molecule has 0 bridgehead atoms. The summed E-state index contributed by atoms with van der Waals surface area (Å²) in [5.41, 5.74) is 7.47. The Bertz CT molecular complexity index is 443. The lowest BCUT2D eigenvalue weighted by Gasteiger charge is -2.27. The van der Waals surface area contributed by atoms with Gasteiger partial charge in [0.15, 0.2) is 0 Å². The van der Waals surface area contributed by atoms with Crippen molar-refractivity contribution in [2.75, 3.05) is 0 Å². The molecule has 1 amide bonds. The molecule has 3 nitrogen and oxygen atoms in total. The van der Waals surface area contributed by atoms with Crippen LogP contribution in [0.3, 0.4) is 0 Å².